The molecule has 9 heteroatoms. The molecular weight excluding hydrogens is 414 g/mol. The van der Waals surface area contributed by atoms with E-state index in [1.807, 2.05) is 12.1 Å². The second kappa shape index (κ2) is 10.1. The van der Waals surface area contributed by atoms with Crippen LogP contribution in [0.3, 0.4) is 0 Å². The number of hydrogen-bond acceptors (Lipinski definition) is 8. The highest BCUT2D eigenvalue weighted by atomic mass is 16.5. The molecule has 3 aromatic rings. The summed E-state index contributed by atoms with van der Waals surface area (Å²) < 4.78 is 22.3. The molecule has 1 heterocycles. The van der Waals surface area contributed by atoms with E-state index < -0.39 is 11.9 Å². The smallest absolute Gasteiger partial charge is 0.357 e. The molecule has 0 spiro atoms. The van der Waals surface area contributed by atoms with Crippen molar-refractivity contribution in [3.63, 3.8) is 0 Å². The molecule has 0 saturated heterocycles. The van der Waals surface area contributed by atoms with Gasteiger partial charge in [0.25, 0.3) is 0 Å². The number of methoxy groups -OCH3 is 2. The Morgan fingerprint density at radius 1 is 1.00 bits per heavy atom. The van der Waals surface area contributed by atoms with Crippen LogP contribution in [0.1, 0.15) is 27.8 Å². The molecule has 0 aliphatic heterocycles. The molecule has 3 rings (SSSR count). The van der Waals surface area contributed by atoms with Crippen molar-refractivity contribution in [2.75, 3.05) is 27.4 Å². The normalized spacial score (nSPS) is 10.2. The number of carbonyl (C=O) groups excluding carboxylic acids is 2. The van der Waals surface area contributed by atoms with Gasteiger partial charge in [0.05, 0.1) is 26.5 Å². The zero-order valence-corrected chi connectivity index (χ0v) is 17.8. The Kier molecular flexibility index (Phi) is 7.08. The molecule has 0 fully saturated rings. The van der Waals surface area contributed by atoms with Gasteiger partial charge in [-0.15, -0.1) is 0 Å². The van der Waals surface area contributed by atoms with E-state index in [2.05, 4.69) is 5.10 Å². The van der Waals surface area contributed by atoms with Crippen LogP contribution in [-0.4, -0.2) is 49.2 Å². The van der Waals surface area contributed by atoms with E-state index in [4.69, 9.17) is 24.2 Å². The molecule has 2 aromatic carbocycles. The number of aromatic nitrogens is 2. The molecule has 0 bridgehead atoms. The molecule has 0 aliphatic rings. The van der Waals surface area contributed by atoms with E-state index >= 15 is 0 Å². The minimum absolute atomic E-state index is 0.0451. The maximum Gasteiger partial charge on any atom is 0.357 e. The highest BCUT2D eigenvalue weighted by Crippen LogP contribution is 2.35. The van der Waals surface area contributed by atoms with E-state index in [0.29, 0.717) is 29.4 Å². The van der Waals surface area contributed by atoms with Crippen LogP contribution in [0.15, 0.2) is 48.5 Å². The van der Waals surface area contributed by atoms with E-state index in [1.165, 1.54) is 18.9 Å². The summed E-state index contributed by atoms with van der Waals surface area (Å²) in [5.41, 5.74) is 1.13. The Balaban J connectivity index is 2.27. The van der Waals surface area contributed by atoms with Crippen LogP contribution in [0, 0.1) is 11.3 Å². The standard InChI is InChI=1S/C23H21N3O6/c1-4-31-18-14-15(10-11-17(18)32-13-12-24)20-19(22(27)29-2)21(23(28)30-3)26(25-20)16-8-6-5-7-9-16/h5-11,14H,4,13H2,1-3H3. The van der Waals surface area contributed by atoms with Gasteiger partial charge in [-0.05, 0) is 37.3 Å². The summed E-state index contributed by atoms with van der Waals surface area (Å²) in [4.78, 5) is 25.4. The van der Waals surface area contributed by atoms with Crippen LogP contribution in [0.25, 0.3) is 16.9 Å². The molecule has 1 aromatic heterocycles. The minimum Gasteiger partial charge on any atom is -0.490 e. The number of hydrogen-bond donors (Lipinski definition) is 0. The summed E-state index contributed by atoms with van der Waals surface area (Å²) >= 11 is 0. The fourth-order valence-corrected chi connectivity index (χ4v) is 3.11. The summed E-state index contributed by atoms with van der Waals surface area (Å²) in [6, 6.07) is 15.7. The van der Waals surface area contributed by atoms with Gasteiger partial charge in [-0.3, -0.25) is 0 Å². The number of nitriles is 1. The Morgan fingerprint density at radius 2 is 1.72 bits per heavy atom. The minimum atomic E-state index is -0.745. The number of esters is 2. The maximum absolute atomic E-state index is 12.7. The van der Waals surface area contributed by atoms with Gasteiger partial charge in [0.15, 0.2) is 23.8 Å². The van der Waals surface area contributed by atoms with E-state index in [1.54, 1.807) is 49.4 Å². The van der Waals surface area contributed by atoms with Crippen LogP contribution >= 0.6 is 0 Å². The molecule has 164 valence electrons. The van der Waals surface area contributed by atoms with Crippen LogP contribution in [0.4, 0.5) is 0 Å². The van der Waals surface area contributed by atoms with Crippen molar-refractivity contribution in [2.24, 2.45) is 0 Å². The van der Waals surface area contributed by atoms with Gasteiger partial charge in [0.1, 0.15) is 17.3 Å². The van der Waals surface area contributed by atoms with Crippen molar-refractivity contribution < 1.29 is 28.5 Å². The Bertz CT molecular complexity index is 1160. The van der Waals surface area contributed by atoms with Gasteiger partial charge in [-0.1, -0.05) is 18.2 Å². The van der Waals surface area contributed by atoms with Crippen molar-refractivity contribution in [3.05, 3.63) is 59.8 Å². The third-order valence-electron chi connectivity index (χ3n) is 4.46. The second-order valence-corrected chi connectivity index (χ2v) is 6.34. The van der Waals surface area contributed by atoms with Crippen molar-refractivity contribution in [3.8, 4) is 34.5 Å². The Hall–Kier alpha value is -4.32. The van der Waals surface area contributed by atoms with Gasteiger partial charge in [-0.25, -0.2) is 14.3 Å². The summed E-state index contributed by atoms with van der Waals surface area (Å²) in [5, 5.41) is 13.3. The molecule has 0 radical (unpaired) electrons. The van der Waals surface area contributed by atoms with Crippen molar-refractivity contribution in [1.82, 2.24) is 9.78 Å². The molecule has 0 N–H and O–H groups in total. The molecular formula is C23H21N3O6. The van der Waals surface area contributed by atoms with E-state index in [0.717, 1.165) is 0 Å². The summed E-state index contributed by atoms with van der Waals surface area (Å²) in [6.45, 7) is 2.00. The van der Waals surface area contributed by atoms with Crippen molar-refractivity contribution in [2.45, 2.75) is 6.92 Å². The highest BCUT2D eigenvalue weighted by Gasteiger charge is 2.31. The van der Waals surface area contributed by atoms with E-state index in [-0.39, 0.29) is 23.6 Å². The van der Waals surface area contributed by atoms with Crippen molar-refractivity contribution in [1.29, 1.82) is 5.26 Å². The SMILES string of the molecule is CCOc1cc(-c2nn(-c3ccccc3)c(C(=O)OC)c2C(=O)OC)ccc1OCC#N. The van der Waals surface area contributed by atoms with Crippen LogP contribution in [0.5, 0.6) is 11.5 Å². The number of benzene rings is 2. The van der Waals surface area contributed by atoms with Crippen molar-refractivity contribution >= 4 is 11.9 Å². The highest BCUT2D eigenvalue weighted by molar-refractivity contribution is 6.06. The molecule has 9 nitrogen and oxygen atoms in total. The van der Waals surface area contributed by atoms with Gasteiger partial charge < -0.3 is 18.9 Å². The lowest BCUT2D eigenvalue weighted by molar-refractivity contribution is 0.0549. The van der Waals surface area contributed by atoms with Crippen LogP contribution in [-0.2, 0) is 9.47 Å². The first-order valence-corrected chi connectivity index (χ1v) is 9.67. The van der Waals surface area contributed by atoms with E-state index in [9.17, 15) is 9.59 Å². The lowest BCUT2D eigenvalue weighted by Crippen LogP contribution is -2.15. The summed E-state index contributed by atoms with van der Waals surface area (Å²) in [5.74, 6) is -0.755. The zero-order chi connectivity index (χ0) is 23.1. The van der Waals surface area contributed by atoms with Gasteiger partial charge in [0, 0.05) is 5.56 Å². The van der Waals surface area contributed by atoms with Gasteiger partial charge >= 0.3 is 11.9 Å². The average Bonchev–Trinajstić information content (AvgIpc) is 3.23. The number of nitrogens with zero attached hydrogens (tertiary/aromatic N) is 3. The third kappa shape index (κ3) is 4.39. The molecule has 0 aliphatic carbocycles. The van der Waals surface area contributed by atoms with Gasteiger partial charge in [0.2, 0.25) is 0 Å². The quantitative estimate of drug-likeness (QED) is 0.495. The fraction of sp³-hybridized carbons (Fsp3) is 0.217. The number of para-hydroxylation sites is 1. The second-order valence-electron chi connectivity index (χ2n) is 6.34. The molecule has 0 saturated carbocycles. The lowest BCUT2D eigenvalue weighted by atomic mass is 10.0. The first-order valence-electron chi connectivity index (χ1n) is 9.67. The topological polar surface area (TPSA) is 113 Å². The number of ether oxygens (including phenoxy) is 4. The van der Waals surface area contributed by atoms with Crippen LogP contribution in [0.2, 0.25) is 0 Å². The Morgan fingerprint density at radius 3 is 2.34 bits per heavy atom. The summed E-state index contributed by atoms with van der Waals surface area (Å²) in [6.07, 6.45) is 0. The molecule has 0 unspecified atom stereocenters. The predicted molar refractivity (Wildman–Crippen MR) is 114 cm³/mol. The average molecular weight is 435 g/mol. The maximum atomic E-state index is 12.7. The third-order valence-corrected chi connectivity index (χ3v) is 4.46. The largest absolute Gasteiger partial charge is 0.490 e. The predicted octanol–water partition coefficient (Wildman–Crippen LogP) is 3.41. The Labute approximate surface area is 184 Å². The number of rotatable bonds is 8. The molecule has 32 heavy (non-hydrogen) atoms. The first-order chi connectivity index (χ1) is 15.5. The van der Waals surface area contributed by atoms with Gasteiger partial charge in [-0.2, -0.15) is 10.4 Å². The fourth-order valence-electron chi connectivity index (χ4n) is 3.11. The summed E-state index contributed by atoms with van der Waals surface area (Å²) in [7, 11) is 2.44. The monoisotopic (exact) mass is 435 g/mol. The first kappa shape index (κ1) is 22.4. The molecule has 0 atom stereocenters. The van der Waals surface area contributed by atoms with Crippen LogP contribution < -0.4 is 9.47 Å². The lowest BCUT2D eigenvalue weighted by Gasteiger charge is -2.11. The number of carbonyl (C=O) groups is 2. The molecule has 0 amide bonds. The zero-order valence-electron chi connectivity index (χ0n) is 17.8.